The fraction of sp³-hybridized carbons (Fsp3) is 0.632. The zero-order valence-electron chi connectivity index (χ0n) is 15.5. The van der Waals surface area contributed by atoms with Gasteiger partial charge in [-0.25, -0.2) is 0 Å². The van der Waals surface area contributed by atoms with Gasteiger partial charge in [0.05, 0.1) is 11.7 Å². The van der Waals surface area contributed by atoms with Gasteiger partial charge in [-0.3, -0.25) is 10.00 Å². The van der Waals surface area contributed by atoms with Crippen molar-refractivity contribution in [3.8, 4) is 0 Å². The van der Waals surface area contributed by atoms with Crippen molar-refractivity contribution in [3.05, 3.63) is 30.0 Å². The van der Waals surface area contributed by atoms with Gasteiger partial charge in [0.1, 0.15) is 0 Å². The standard InChI is InChI=1S/C19H31N5/c1-19(2,24-10-8-17(9-11-24)23(3)4)14-20-12-15-6-5-7-16-13-21-22-18(15)16/h5-7,13,17,20H,8-12,14H2,1-4H3,(H,21,22). The van der Waals surface area contributed by atoms with Crippen molar-refractivity contribution in [2.75, 3.05) is 33.7 Å². The van der Waals surface area contributed by atoms with Gasteiger partial charge < -0.3 is 10.2 Å². The lowest BCUT2D eigenvalue weighted by atomic mass is 9.95. The van der Waals surface area contributed by atoms with E-state index in [-0.39, 0.29) is 5.54 Å². The van der Waals surface area contributed by atoms with Gasteiger partial charge >= 0.3 is 0 Å². The van der Waals surface area contributed by atoms with Crippen molar-refractivity contribution in [2.24, 2.45) is 0 Å². The smallest absolute Gasteiger partial charge is 0.0695 e. The summed E-state index contributed by atoms with van der Waals surface area (Å²) in [5.41, 5.74) is 2.61. The van der Waals surface area contributed by atoms with Gasteiger partial charge in [0.25, 0.3) is 0 Å². The first-order valence-corrected chi connectivity index (χ1v) is 9.00. The lowest BCUT2D eigenvalue weighted by Crippen LogP contribution is -2.55. The van der Waals surface area contributed by atoms with Crippen LogP contribution < -0.4 is 5.32 Å². The number of aromatic nitrogens is 2. The van der Waals surface area contributed by atoms with E-state index in [0.717, 1.165) is 24.6 Å². The van der Waals surface area contributed by atoms with E-state index >= 15 is 0 Å². The maximum Gasteiger partial charge on any atom is 0.0695 e. The Morgan fingerprint density at radius 2 is 2.04 bits per heavy atom. The Labute approximate surface area is 145 Å². The van der Waals surface area contributed by atoms with E-state index in [2.05, 4.69) is 71.5 Å². The molecule has 5 heteroatoms. The molecule has 0 aliphatic carbocycles. The molecule has 5 nitrogen and oxygen atoms in total. The van der Waals surface area contributed by atoms with E-state index in [1.54, 1.807) is 0 Å². The summed E-state index contributed by atoms with van der Waals surface area (Å²) in [6.45, 7) is 8.95. The normalized spacial score (nSPS) is 17.9. The molecule has 1 aromatic carbocycles. The fourth-order valence-electron chi connectivity index (χ4n) is 3.78. The summed E-state index contributed by atoms with van der Waals surface area (Å²) in [4.78, 5) is 5.00. The summed E-state index contributed by atoms with van der Waals surface area (Å²) in [6, 6.07) is 7.11. The molecular weight excluding hydrogens is 298 g/mol. The van der Waals surface area contributed by atoms with Crippen molar-refractivity contribution in [3.63, 3.8) is 0 Å². The van der Waals surface area contributed by atoms with Gasteiger partial charge in [-0.1, -0.05) is 18.2 Å². The van der Waals surface area contributed by atoms with Crippen LogP contribution in [0.25, 0.3) is 10.9 Å². The van der Waals surface area contributed by atoms with Crippen molar-refractivity contribution in [2.45, 2.75) is 44.8 Å². The molecule has 2 heterocycles. The van der Waals surface area contributed by atoms with Crippen LogP contribution in [0.4, 0.5) is 0 Å². The zero-order chi connectivity index (χ0) is 17.2. The molecule has 0 bridgehead atoms. The average molecular weight is 329 g/mol. The van der Waals surface area contributed by atoms with Crippen LogP contribution in [-0.2, 0) is 6.54 Å². The van der Waals surface area contributed by atoms with Crippen LogP contribution in [0.3, 0.4) is 0 Å². The number of hydrogen-bond acceptors (Lipinski definition) is 4. The largest absolute Gasteiger partial charge is 0.311 e. The lowest BCUT2D eigenvalue weighted by Gasteiger charge is -2.44. The minimum absolute atomic E-state index is 0.180. The summed E-state index contributed by atoms with van der Waals surface area (Å²) in [5.74, 6) is 0. The summed E-state index contributed by atoms with van der Waals surface area (Å²) in [7, 11) is 4.40. The van der Waals surface area contributed by atoms with E-state index in [4.69, 9.17) is 0 Å². The first-order chi connectivity index (χ1) is 11.5. The van der Waals surface area contributed by atoms with Crippen molar-refractivity contribution < 1.29 is 0 Å². The highest BCUT2D eigenvalue weighted by atomic mass is 15.2. The highest BCUT2D eigenvalue weighted by Gasteiger charge is 2.30. The summed E-state index contributed by atoms with van der Waals surface area (Å²) in [5, 5.41) is 12.1. The van der Waals surface area contributed by atoms with Crippen LogP contribution in [-0.4, -0.2) is 65.3 Å². The number of nitrogens with one attached hydrogen (secondary N) is 2. The van der Waals surface area contributed by atoms with Gasteiger partial charge in [0, 0.05) is 43.1 Å². The van der Waals surface area contributed by atoms with Crippen molar-refractivity contribution in [1.82, 2.24) is 25.3 Å². The van der Waals surface area contributed by atoms with E-state index in [1.165, 1.54) is 36.9 Å². The molecular formula is C19H31N5. The fourth-order valence-corrected chi connectivity index (χ4v) is 3.78. The summed E-state index contributed by atoms with van der Waals surface area (Å²) in [6.07, 6.45) is 4.42. The Morgan fingerprint density at radius 3 is 2.75 bits per heavy atom. The zero-order valence-corrected chi connectivity index (χ0v) is 15.5. The molecule has 1 saturated heterocycles. The van der Waals surface area contributed by atoms with Gasteiger partial charge in [0.2, 0.25) is 0 Å². The molecule has 0 saturated carbocycles. The number of fused-ring (bicyclic) bond motifs is 1. The number of H-pyrrole nitrogens is 1. The van der Waals surface area contributed by atoms with Gasteiger partial charge in [-0.15, -0.1) is 0 Å². The van der Waals surface area contributed by atoms with Crippen LogP contribution in [0.15, 0.2) is 24.4 Å². The monoisotopic (exact) mass is 329 g/mol. The highest BCUT2D eigenvalue weighted by Crippen LogP contribution is 2.22. The number of rotatable bonds is 6. The quantitative estimate of drug-likeness (QED) is 0.855. The molecule has 3 rings (SSSR count). The number of hydrogen-bond donors (Lipinski definition) is 2. The molecule has 0 radical (unpaired) electrons. The molecule has 2 N–H and O–H groups in total. The van der Waals surface area contributed by atoms with E-state index in [1.807, 2.05) is 6.20 Å². The number of piperidine rings is 1. The van der Waals surface area contributed by atoms with E-state index in [0.29, 0.717) is 0 Å². The van der Waals surface area contributed by atoms with Gasteiger partial charge in [0.15, 0.2) is 0 Å². The molecule has 0 atom stereocenters. The third-order valence-electron chi connectivity index (χ3n) is 5.49. The number of likely N-dealkylation sites (tertiary alicyclic amines) is 1. The lowest BCUT2D eigenvalue weighted by molar-refractivity contribution is 0.0616. The number of para-hydroxylation sites is 1. The van der Waals surface area contributed by atoms with Crippen LogP contribution >= 0.6 is 0 Å². The molecule has 2 aromatic rings. The molecule has 1 aliphatic rings. The third kappa shape index (κ3) is 3.79. The van der Waals surface area contributed by atoms with Crippen LogP contribution in [0.2, 0.25) is 0 Å². The number of aromatic amines is 1. The van der Waals surface area contributed by atoms with Crippen LogP contribution in [0, 0.1) is 0 Å². The molecule has 1 aliphatic heterocycles. The highest BCUT2D eigenvalue weighted by molar-refractivity contribution is 5.81. The number of nitrogens with zero attached hydrogens (tertiary/aromatic N) is 3. The molecule has 0 unspecified atom stereocenters. The minimum Gasteiger partial charge on any atom is -0.311 e. The molecule has 0 amide bonds. The predicted molar refractivity (Wildman–Crippen MR) is 100 cm³/mol. The second-order valence-electron chi connectivity index (χ2n) is 7.85. The van der Waals surface area contributed by atoms with Crippen molar-refractivity contribution >= 4 is 10.9 Å². The maximum absolute atomic E-state index is 4.15. The second kappa shape index (κ2) is 7.21. The van der Waals surface area contributed by atoms with Crippen molar-refractivity contribution in [1.29, 1.82) is 0 Å². The average Bonchev–Trinajstić information content (AvgIpc) is 3.04. The predicted octanol–water partition coefficient (Wildman–Crippen LogP) is 2.46. The Morgan fingerprint density at radius 1 is 1.29 bits per heavy atom. The maximum atomic E-state index is 4.15. The Hall–Kier alpha value is -1.43. The van der Waals surface area contributed by atoms with Gasteiger partial charge in [-0.2, -0.15) is 5.10 Å². The Bertz CT molecular complexity index is 653. The van der Waals surface area contributed by atoms with Crippen LogP contribution in [0.1, 0.15) is 32.3 Å². The van der Waals surface area contributed by atoms with E-state index < -0.39 is 0 Å². The number of benzene rings is 1. The third-order valence-corrected chi connectivity index (χ3v) is 5.49. The minimum atomic E-state index is 0.180. The molecule has 24 heavy (non-hydrogen) atoms. The topological polar surface area (TPSA) is 47.2 Å². The molecule has 1 aromatic heterocycles. The molecule has 1 fully saturated rings. The Kier molecular flexibility index (Phi) is 5.23. The SMILES string of the molecule is CN(C)C1CCN(C(C)(C)CNCc2cccc3cn[nH]c23)CC1. The van der Waals surface area contributed by atoms with Gasteiger partial charge in [-0.05, 0) is 46.3 Å². The molecule has 132 valence electrons. The second-order valence-corrected chi connectivity index (χ2v) is 7.85. The van der Waals surface area contributed by atoms with Crippen LogP contribution in [0.5, 0.6) is 0 Å². The molecule has 0 spiro atoms. The van der Waals surface area contributed by atoms with E-state index in [9.17, 15) is 0 Å². The first-order valence-electron chi connectivity index (χ1n) is 9.00. The summed E-state index contributed by atoms with van der Waals surface area (Å²) < 4.78 is 0. The first kappa shape index (κ1) is 17.4. The Balaban J connectivity index is 1.53. The summed E-state index contributed by atoms with van der Waals surface area (Å²) >= 11 is 0.